The lowest BCUT2D eigenvalue weighted by molar-refractivity contribution is -0.111. The Morgan fingerprint density at radius 2 is 1.97 bits per heavy atom. The van der Waals surface area contributed by atoms with Crippen molar-refractivity contribution in [1.29, 1.82) is 0 Å². The van der Waals surface area contributed by atoms with Gasteiger partial charge in [0, 0.05) is 41.5 Å². The van der Waals surface area contributed by atoms with Crippen molar-refractivity contribution in [3.05, 3.63) is 102 Å². The number of nitrogens with zero attached hydrogens (tertiary/aromatic N) is 3. The maximum atomic E-state index is 12.6. The molecule has 0 unspecified atom stereocenters. The van der Waals surface area contributed by atoms with Crippen molar-refractivity contribution in [2.24, 2.45) is 0 Å². The molecule has 156 valence electrons. The molecule has 0 atom stereocenters. The van der Waals surface area contributed by atoms with Crippen LogP contribution in [0.5, 0.6) is 0 Å². The van der Waals surface area contributed by atoms with Crippen LogP contribution in [-0.2, 0) is 4.79 Å². The highest BCUT2D eigenvalue weighted by Gasteiger charge is 2.12. The van der Waals surface area contributed by atoms with E-state index in [1.807, 2.05) is 83.0 Å². The molecule has 0 bridgehead atoms. The van der Waals surface area contributed by atoms with Gasteiger partial charge in [0.25, 0.3) is 0 Å². The van der Waals surface area contributed by atoms with E-state index in [0.29, 0.717) is 5.69 Å². The predicted octanol–water partition coefficient (Wildman–Crippen LogP) is 5.64. The molecular weight excluding hydrogens is 418 g/mol. The zero-order chi connectivity index (χ0) is 21.8. The van der Waals surface area contributed by atoms with Gasteiger partial charge in [-0.05, 0) is 41.8 Å². The summed E-state index contributed by atoms with van der Waals surface area (Å²) in [6, 6.07) is 21.5. The van der Waals surface area contributed by atoms with E-state index in [2.05, 4.69) is 15.3 Å². The molecule has 5 rings (SSSR count). The average Bonchev–Trinajstić information content (AvgIpc) is 3.60. The molecule has 0 fully saturated rings. The lowest BCUT2D eigenvalue weighted by atomic mass is 10.2. The summed E-state index contributed by atoms with van der Waals surface area (Å²) in [6.45, 7) is 0. The second-order valence-corrected chi connectivity index (χ2v) is 7.98. The minimum Gasteiger partial charge on any atom is -0.345 e. The van der Waals surface area contributed by atoms with Crippen LogP contribution in [0.4, 0.5) is 5.69 Å². The number of aromatic amines is 1. The number of para-hydroxylation sites is 1. The smallest absolute Gasteiger partial charge is 0.248 e. The summed E-state index contributed by atoms with van der Waals surface area (Å²) < 4.78 is 1.83. The number of H-pyrrole nitrogens is 1. The molecule has 6 nitrogen and oxygen atoms in total. The van der Waals surface area contributed by atoms with Gasteiger partial charge in [0.2, 0.25) is 5.91 Å². The normalized spacial score (nSPS) is 11.1. The minimum atomic E-state index is -0.216. The highest BCUT2D eigenvalue weighted by atomic mass is 32.1. The number of aromatic nitrogens is 4. The summed E-state index contributed by atoms with van der Waals surface area (Å²) >= 11 is 1.62. The average molecular weight is 438 g/mol. The Bertz CT molecular complexity index is 1350. The van der Waals surface area contributed by atoms with Gasteiger partial charge in [0.05, 0.1) is 10.6 Å². The number of thiophene rings is 1. The second-order valence-electron chi connectivity index (χ2n) is 7.03. The number of amides is 1. The first-order valence-electron chi connectivity index (χ1n) is 10.0. The first-order valence-corrected chi connectivity index (χ1v) is 10.9. The standard InChI is InChI=1S/C25H19N5OS/c31-23(28-20-7-4-6-18(16-20)25-26-13-14-27-25)12-11-19-17-30(21-8-2-1-3-9-21)29-24(19)22-10-5-15-32-22/h1-17H,(H,26,27)(H,28,31)/b12-11+. The second kappa shape index (κ2) is 8.87. The van der Waals surface area contributed by atoms with E-state index in [-0.39, 0.29) is 5.91 Å². The highest BCUT2D eigenvalue weighted by molar-refractivity contribution is 7.13. The monoisotopic (exact) mass is 437 g/mol. The SMILES string of the molecule is O=C(/C=C/c1cn(-c2ccccc2)nc1-c1cccs1)Nc1cccc(-c2ncc[nH]2)c1. The highest BCUT2D eigenvalue weighted by Crippen LogP contribution is 2.28. The molecule has 0 aliphatic heterocycles. The van der Waals surface area contributed by atoms with Crippen LogP contribution < -0.4 is 5.32 Å². The molecular formula is C25H19N5OS. The molecule has 0 aliphatic rings. The lowest BCUT2D eigenvalue weighted by Gasteiger charge is -2.04. The topological polar surface area (TPSA) is 75.6 Å². The Morgan fingerprint density at radius 3 is 2.75 bits per heavy atom. The molecule has 0 saturated heterocycles. The van der Waals surface area contributed by atoms with Crippen LogP contribution >= 0.6 is 11.3 Å². The van der Waals surface area contributed by atoms with Gasteiger partial charge < -0.3 is 10.3 Å². The molecule has 0 saturated carbocycles. The number of imidazole rings is 1. The van der Waals surface area contributed by atoms with Crippen molar-refractivity contribution in [3.63, 3.8) is 0 Å². The van der Waals surface area contributed by atoms with E-state index in [1.54, 1.807) is 29.8 Å². The van der Waals surface area contributed by atoms with Gasteiger partial charge in [0.1, 0.15) is 11.5 Å². The van der Waals surface area contributed by atoms with E-state index in [4.69, 9.17) is 5.10 Å². The van der Waals surface area contributed by atoms with Crippen molar-refractivity contribution in [2.75, 3.05) is 5.32 Å². The fraction of sp³-hybridized carbons (Fsp3) is 0. The van der Waals surface area contributed by atoms with Crippen molar-refractivity contribution in [1.82, 2.24) is 19.7 Å². The van der Waals surface area contributed by atoms with Gasteiger partial charge in [-0.2, -0.15) is 5.10 Å². The quantitative estimate of drug-likeness (QED) is 0.337. The molecule has 1 amide bonds. The van der Waals surface area contributed by atoms with E-state index in [9.17, 15) is 4.79 Å². The van der Waals surface area contributed by atoms with Crippen LogP contribution in [0.3, 0.4) is 0 Å². The number of hydrogen-bond acceptors (Lipinski definition) is 4. The Morgan fingerprint density at radius 1 is 1.06 bits per heavy atom. The lowest BCUT2D eigenvalue weighted by Crippen LogP contribution is -2.07. The molecule has 0 radical (unpaired) electrons. The van der Waals surface area contributed by atoms with Gasteiger partial charge in [-0.15, -0.1) is 11.3 Å². The molecule has 32 heavy (non-hydrogen) atoms. The Kier molecular flexibility index (Phi) is 5.47. The molecule has 3 heterocycles. The van der Waals surface area contributed by atoms with Crippen LogP contribution in [0.1, 0.15) is 5.56 Å². The van der Waals surface area contributed by atoms with Gasteiger partial charge in [0.15, 0.2) is 0 Å². The number of carbonyl (C=O) groups is 1. The summed E-state index contributed by atoms with van der Waals surface area (Å²) in [4.78, 5) is 21.0. The van der Waals surface area contributed by atoms with Crippen molar-refractivity contribution < 1.29 is 4.79 Å². The number of nitrogens with one attached hydrogen (secondary N) is 2. The van der Waals surface area contributed by atoms with Crippen molar-refractivity contribution in [2.45, 2.75) is 0 Å². The minimum absolute atomic E-state index is 0.216. The third-order valence-corrected chi connectivity index (χ3v) is 5.71. The fourth-order valence-electron chi connectivity index (χ4n) is 3.34. The number of carbonyl (C=O) groups excluding carboxylic acids is 1. The zero-order valence-corrected chi connectivity index (χ0v) is 17.8. The van der Waals surface area contributed by atoms with E-state index >= 15 is 0 Å². The van der Waals surface area contributed by atoms with Crippen molar-refractivity contribution >= 4 is 29.0 Å². The molecule has 5 aromatic rings. The molecule has 2 aromatic carbocycles. The third kappa shape index (κ3) is 4.28. The summed E-state index contributed by atoms with van der Waals surface area (Å²) in [5.41, 5.74) is 4.28. The maximum absolute atomic E-state index is 12.6. The molecule has 7 heteroatoms. The van der Waals surface area contributed by atoms with Crippen LogP contribution in [0.2, 0.25) is 0 Å². The first kappa shape index (κ1) is 19.7. The van der Waals surface area contributed by atoms with Gasteiger partial charge in [-0.3, -0.25) is 4.79 Å². The fourth-order valence-corrected chi connectivity index (χ4v) is 4.07. The summed E-state index contributed by atoms with van der Waals surface area (Å²) in [5, 5.41) is 9.69. The maximum Gasteiger partial charge on any atom is 0.248 e. The number of benzene rings is 2. The number of hydrogen-bond donors (Lipinski definition) is 2. The van der Waals surface area contributed by atoms with Gasteiger partial charge in [-0.1, -0.05) is 36.4 Å². The molecule has 3 aromatic heterocycles. The Hall–Kier alpha value is -4.23. The van der Waals surface area contributed by atoms with Crippen molar-refractivity contribution in [3.8, 4) is 27.6 Å². The summed E-state index contributed by atoms with van der Waals surface area (Å²) in [6.07, 6.45) is 8.73. The van der Waals surface area contributed by atoms with E-state index < -0.39 is 0 Å². The molecule has 0 aliphatic carbocycles. The summed E-state index contributed by atoms with van der Waals surface area (Å²) in [5.74, 6) is 0.539. The van der Waals surface area contributed by atoms with Crippen LogP contribution in [0.15, 0.2) is 96.8 Å². The Labute approximate surface area is 188 Å². The van der Waals surface area contributed by atoms with Gasteiger partial charge >= 0.3 is 0 Å². The third-order valence-electron chi connectivity index (χ3n) is 4.83. The van der Waals surface area contributed by atoms with Crippen LogP contribution in [0.25, 0.3) is 33.7 Å². The largest absolute Gasteiger partial charge is 0.345 e. The van der Waals surface area contributed by atoms with Crippen LogP contribution in [0, 0.1) is 0 Å². The molecule has 2 N–H and O–H groups in total. The number of rotatable bonds is 6. The molecule has 0 spiro atoms. The predicted molar refractivity (Wildman–Crippen MR) is 129 cm³/mol. The number of anilines is 1. The Balaban J connectivity index is 1.39. The first-order chi connectivity index (χ1) is 15.8. The summed E-state index contributed by atoms with van der Waals surface area (Å²) in [7, 11) is 0. The zero-order valence-electron chi connectivity index (χ0n) is 17.0. The van der Waals surface area contributed by atoms with Crippen LogP contribution in [-0.4, -0.2) is 25.7 Å². The van der Waals surface area contributed by atoms with Gasteiger partial charge in [-0.25, -0.2) is 9.67 Å². The van der Waals surface area contributed by atoms with E-state index in [1.165, 1.54) is 6.08 Å². The van der Waals surface area contributed by atoms with E-state index in [0.717, 1.165) is 33.2 Å².